The van der Waals surface area contributed by atoms with Gasteiger partial charge in [0.05, 0.1) is 4.91 Å². The molecule has 2 heterocycles. The van der Waals surface area contributed by atoms with Crippen molar-refractivity contribution < 1.29 is 19.2 Å². The molecule has 0 fully saturated rings. The second kappa shape index (κ2) is 6.47. The molecule has 1 aromatic carbocycles. The zero-order valence-corrected chi connectivity index (χ0v) is 13.2. The van der Waals surface area contributed by atoms with E-state index in [0.717, 1.165) is 5.39 Å². The number of hydroxylamine groups is 1. The predicted molar refractivity (Wildman–Crippen MR) is 87.2 cm³/mol. The van der Waals surface area contributed by atoms with E-state index in [1.54, 1.807) is 17.6 Å². The Kier molecular flexibility index (Phi) is 4.40. The molecule has 0 bridgehead atoms. The quantitative estimate of drug-likeness (QED) is 0.591. The summed E-state index contributed by atoms with van der Waals surface area (Å²) in [6.45, 7) is 1.88. The maximum atomic E-state index is 12.3. The molecule has 3 N–H and O–H groups in total. The zero-order valence-electron chi connectivity index (χ0n) is 12.4. The third-order valence-electron chi connectivity index (χ3n) is 3.70. The van der Waals surface area contributed by atoms with Gasteiger partial charge in [-0.1, -0.05) is 24.3 Å². The molecule has 7 heteroatoms. The van der Waals surface area contributed by atoms with Gasteiger partial charge in [-0.2, -0.15) is 0 Å². The van der Waals surface area contributed by atoms with E-state index in [4.69, 9.17) is 9.62 Å². The molecule has 0 spiro atoms. The van der Waals surface area contributed by atoms with Gasteiger partial charge in [0, 0.05) is 16.7 Å². The molecule has 1 aliphatic heterocycles. The van der Waals surface area contributed by atoms with Crippen molar-refractivity contribution in [3.8, 4) is 0 Å². The maximum Gasteiger partial charge on any atom is 0.287 e. The van der Waals surface area contributed by atoms with Crippen molar-refractivity contribution in [1.82, 2.24) is 10.8 Å². The van der Waals surface area contributed by atoms with Gasteiger partial charge in [0.15, 0.2) is 5.76 Å². The normalized spacial score (nSPS) is 18.5. The lowest BCUT2D eigenvalue weighted by Crippen LogP contribution is -2.38. The van der Waals surface area contributed by atoms with Gasteiger partial charge >= 0.3 is 0 Å². The number of hydrogen-bond acceptors (Lipinski definition) is 5. The van der Waals surface area contributed by atoms with Crippen molar-refractivity contribution in [3.05, 3.63) is 47.1 Å². The second-order valence-electron chi connectivity index (χ2n) is 5.31. The number of carbonyl (C=O) groups excluding carboxylic acids is 2. The highest BCUT2D eigenvalue weighted by molar-refractivity contribution is 8.04. The molecule has 0 saturated heterocycles. The molecule has 1 aromatic heterocycles. The number of benzene rings is 1. The van der Waals surface area contributed by atoms with Crippen molar-refractivity contribution in [2.75, 3.05) is 0 Å². The van der Waals surface area contributed by atoms with Crippen LogP contribution < -0.4 is 10.8 Å². The van der Waals surface area contributed by atoms with Crippen LogP contribution in [0.2, 0.25) is 0 Å². The van der Waals surface area contributed by atoms with Crippen LogP contribution >= 0.6 is 11.8 Å². The highest BCUT2D eigenvalue weighted by atomic mass is 32.2. The van der Waals surface area contributed by atoms with Gasteiger partial charge in [-0.3, -0.25) is 14.8 Å². The molecule has 0 saturated carbocycles. The first kappa shape index (κ1) is 15.6. The molecular weight excluding hydrogens is 316 g/mol. The van der Waals surface area contributed by atoms with Gasteiger partial charge in [-0.25, -0.2) is 5.48 Å². The summed E-state index contributed by atoms with van der Waals surface area (Å²) in [7, 11) is 0. The standard InChI is InChI=1S/C16H16N2O4S/c1-9(13-6-7-14(23-13)16(20)18-21)17-15(19)12-8-10-4-2-3-5-11(10)22-12/h2-5,7-9,13,21H,6H2,1H3,(H,17,19)(H,18,20)/t9-,13?/m1/s1. The van der Waals surface area contributed by atoms with Crippen LogP contribution in [0.3, 0.4) is 0 Å². The van der Waals surface area contributed by atoms with Crippen LogP contribution in [0.5, 0.6) is 0 Å². The fourth-order valence-corrected chi connectivity index (χ4v) is 3.59. The third-order valence-corrected chi connectivity index (χ3v) is 5.21. The lowest BCUT2D eigenvalue weighted by atomic mass is 10.1. The lowest BCUT2D eigenvalue weighted by molar-refractivity contribution is -0.124. The predicted octanol–water partition coefficient (Wildman–Crippen LogP) is 2.45. The van der Waals surface area contributed by atoms with Gasteiger partial charge in [-0.05, 0) is 25.5 Å². The Balaban J connectivity index is 1.63. The highest BCUT2D eigenvalue weighted by Gasteiger charge is 2.28. The number of furan rings is 1. The maximum absolute atomic E-state index is 12.3. The van der Waals surface area contributed by atoms with Crippen LogP contribution in [-0.2, 0) is 4.79 Å². The minimum atomic E-state index is -0.520. The van der Waals surface area contributed by atoms with Gasteiger partial charge in [-0.15, -0.1) is 11.8 Å². The number of thioether (sulfide) groups is 1. The molecule has 0 aliphatic carbocycles. The van der Waals surface area contributed by atoms with E-state index in [0.29, 0.717) is 16.9 Å². The van der Waals surface area contributed by atoms with E-state index in [1.807, 2.05) is 31.2 Å². The summed E-state index contributed by atoms with van der Waals surface area (Å²) in [5, 5.41) is 12.5. The summed E-state index contributed by atoms with van der Waals surface area (Å²) >= 11 is 1.34. The fraction of sp³-hybridized carbons (Fsp3) is 0.250. The number of nitrogens with one attached hydrogen (secondary N) is 2. The molecule has 0 radical (unpaired) electrons. The monoisotopic (exact) mass is 332 g/mol. The molecule has 2 amide bonds. The second-order valence-corrected chi connectivity index (χ2v) is 6.59. The SMILES string of the molecule is C[C@@H](NC(=O)c1cc2ccccc2o1)C1CC=C(C(=O)NO)S1. The summed E-state index contributed by atoms with van der Waals surface area (Å²) in [5.74, 6) is -0.537. The summed E-state index contributed by atoms with van der Waals surface area (Å²) < 4.78 is 5.54. The van der Waals surface area contributed by atoms with Crippen LogP contribution in [-0.4, -0.2) is 28.3 Å². The van der Waals surface area contributed by atoms with Crippen molar-refractivity contribution in [2.45, 2.75) is 24.6 Å². The van der Waals surface area contributed by atoms with Gasteiger partial charge in [0.2, 0.25) is 0 Å². The Morgan fingerprint density at radius 2 is 2.13 bits per heavy atom. The van der Waals surface area contributed by atoms with Crippen LogP contribution in [0.4, 0.5) is 0 Å². The first-order chi connectivity index (χ1) is 11.1. The number of carbonyl (C=O) groups is 2. The molecule has 6 nitrogen and oxygen atoms in total. The Bertz CT molecular complexity index is 750. The largest absolute Gasteiger partial charge is 0.451 e. The fourth-order valence-electron chi connectivity index (χ4n) is 2.45. The smallest absolute Gasteiger partial charge is 0.287 e. The van der Waals surface area contributed by atoms with Gasteiger partial charge in [0.1, 0.15) is 5.58 Å². The molecule has 3 rings (SSSR count). The van der Waals surface area contributed by atoms with Crippen molar-refractivity contribution in [1.29, 1.82) is 0 Å². The Hall–Kier alpha value is -2.25. The van der Waals surface area contributed by atoms with Crippen LogP contribution in [0.1, 0.15) is 23.9 Å². The van der Waals surface area contributed by atoms with Crippen LogP contribution in [0.15, 0.2) is 45.7 Å². The van der Waals surface area contributed by atoms with Crippen LogP contribution in [0, 0.1) is 0 Å². The first-order valence-corrected chi connectivity index (χ1v) is 8.07. The average molecular weight is 332 g/mol. The van der Waals surface area contributed by atoms with Gasteiger partial charge in [0.25, 0.3) is 11.8 Å². The molecule has 120 valence electrons. The molecule has 1 unspecified atom stereocenters. The molecule has 2 atom stereocenters. The Morgan fingerprint density at radius 3 is 2.87 bits per heavy atom. The number of rotatable bonds is 4. The molecule has 23 heavy (non-hydrogen) atoms. The van der Waals surface area contributed by atoms with Crippen molar-refractivity contribution >= 4 is 34.5 Å². The number of amides is 2. The molecular formula is C16H16N2O4S. The highest BCUT2D eigenvalue weighted by Crippen LogP contribution is 2.34. The number of allylic oxidation sites excluding steroid dienone is 1. The number of hydrogen-bond donors (Lipinski definition) is 3. The number of fused-ring (bicyclic) bond motifs is 1. The Morgan fingerprint density at radius 1 is 1.35 bits per heavy atom. The zero-order chi connectivity index (χ0) is 16.4. The van der Waals surface area contributed by atoms with E-state index >= 15 is 0 Å². The van der Waals surface area contributed by atoms with E-state index in [2.05, 4.69) is 5.32 Å². The van der Waals surface area contributed by atoms with Crippen LogP contribution in [0.25, 0.3) is 11.0 Å². The summed E-state index contributed by atoms with van der Waals surface area (Å²) in [6.07, 6.45) is 2.40. The van der Waals surface area contributed by atoms with E-state index < -0.39 is 5.91 Å². The van der Waals surface area contributed by atoms with E-state index in [9.17, 15) is 9.59 Å². The van der Waals surface area contributed by atoms with E-state index in [1.165, 1.54) is 11.8 Å². The first-order valence-electron chi connectivity index (χ1n) is 7.19. The third kappa shape index (κ3) is 3.25. The van der Waals surface area contributed by atoms with E-state index in [-0.39, 0.29) is 23.0 Å². The molecule has 2 aromatic rings. The topological polar surface area (TPSA) is 91.6 Å². The minimum Gasteiger partial charge on any atom is -0.451 e. The molecule has 1 aliphatic rings. The average Bonchev–Trinajstić information content (AvgIpc) is 3.20. The van der Waals surface area contributed by atoms with Crippen molar-refractivity contribution in [2.24, 2.45) is 0 Å². The number of para-hydroxylation sites is 1. The summed E-state index contributed by atoms with van der Waals surface area (Å²) in [5.41, 5.74) is 2.29. The summed E-state index contributed by atoms with van der Waals surface area (Å²) in [4.78, 5) is 24.1. The minimum absolute atomic E-state index is 0.0376. The summed E-state index contributed by atoms with van der Waals surface area (Å²) in [6, 6.07) is 8.99. The van der Waals surface area contributed by atoms with Gasteiger partial charge < -0.3 is 9.73 Å². The van der Waals surface area contributed by atoms with Crippen molar-refractivity contribution in [3.63, 3.8) is 0 Å². The Labute approximate surface area is 136 Å². The lowest BCUT2D eigenvalue weighted by Gasteiger charge is -2.19.